The summed E-state index contributed by atoms with van der Waals surface area (Å²) in [6.07, 6.45) is 5.82. The second-order valence-corrected chi connectivity index (χ2v) is 7.14. The zero-order valence-corrected chi connectivity index (χ0v) is 12.9. The largest absolute Gasteiger partial charge is 0.504 e. The van der Waals surface area contributed by atoms with E-state index in [2.05, 4.69) is 22.0 Å². The van der Waals surface area contributed by atoms with Gasteiger partial charge >= 0.3 is 0 Å². The van der Waals surface area contributed by atoms with Crippen LogP contribution in [0, 0.1) is 5.92 Å². The van der Waals surface area contributed by atoms with Gasteiger partial charge < -0.3 is 14.7 Å². The molecule has 5 rings (SSSR count). The van der Waals surface area contributed by atoms with Gasteiger partial charge in [-0.1, -0.05) is 17.3 Å². The van der Waals surface area contributed by atoms with Crippen LogP contribution in [0.15, 0.2) is 29.4 Å². The van der Waals surface area contributed by atoms with E-state index in [0.717, 1.165) is 19.4 Å². The summed E-state index contributed by atoms with van der Waals surface area (Å²) in [7, 11) is 2.15. The molecule has 0 radical (unpaired) electrons. The molecule has 6 nitrogen and oxygen atoms in total. The van der Waals surface area contributed by atoms with Crippen molar-refractivity contribution in [2.45, 2.75) is 36.4 Å². The van der Waals surface area contributed by atoms with Gasteiger partial charge in [0.15, 0.2) is 11.5 Å². The molecule has 5 atom stereocenters. The van der Waals surface area contributed by atoms with E-state index in [0.29, 0.717) is 11.8 Å². The fourth-order valence-corrected chi connectivity index (χ4v) is 5.48. The van der Waals surface area contributed by atoms with E-state index in [1.165, 1.54) is 11.1 Å². The quantitative estimate of drug-likeness (QED) is 0.374. The number of phenols is 1. The molecule has 6 heteroatoms. The van der Waals surface area contributed by atoms with Gasteiger partial charge in [0.1, 0.15) is 6.10 Å². The molecule has 2 bridgehead atoms. The topological polar surface area (TPSA) is 81.5 Å². The Balaban J connectivity index is 1.82. The molecule has 2 heterocycles. The van der Waals surface area contributed by atoms with E-state index in [1.807, 2.05) is 18.2 Å². The average molecular weight is 310 g/mol. The van der Waals surface area contributed by atoms with Crippen LogP contribution in [0.2, 0.25) is 0 Å². The Kier molecular flexibility index (Phi) is 2.44. The number of aromatic hydroxyl groups is 1. The van der Waals surface area contributed by atoms with Gasteiger partial charge in [-0.2, -0.15) is 0 Å². The van der Waals surface area contributed by atoms with E-state index >= 15 is 0 Å². The van der Waals surface area contributed by atoms with Crippen molar-refractivity contribution in [3.8, 4) is 11.5 Å². The Hall–Kier alpha value is -2.17. The molecule has 1 aromatic rings. The van der Waals surface area contributed by atoms with Crippen LogP contribution in [0.3, 0.4) is 0 Å². The second-order valence-electron chi connectivity index (χ2n) is 7.14. The van der Waals surface area contributed by atoms with Crippen molar-refractivity contribution < 1.29 is 9.84 Å². The third-order valence-electron chi connectivity index (χ3n) is 6.36. The molecule has 2 aliphatic heterocycles. The fourth-order valence-electron chi connectivity index (χ4n) is 5.48. The molecule has 2 aliphatic carbocycles. The Bertz CT molecular complexity index is 785. The van der Waals surface area contributed by atoms with Gasteiger partial charge in [-0.25, -0.2) is 0 Å². The van der Waals surface area contributed by atoms with Gasteiger partial charge in [0.25, 0.3) is 0 Å². The van der Waals surface area contributed by atoms with Crippen LogP contribution >= 0.6 is 0 Å². The number of likely N-dealkylation sites (tertiary alicyclic amines) is 1. The van der Waals surface area contributed by atoms with E-state index in [-0.39, 0.29) is 29.2 Å². The van der Waals surface area contributed by atoms with Crippen molar-refractivity contribution in [2.24, 2.45) is 11.0 Å². The van der Waals surface area contributed by atoms with Gasteiger partial charge in [-0.15, -0.1) is 0 Å². The van der Waals surface area contributed by atoms with Crippen molar-refractivity contribution in [1.82, 2.24) is 4.90 Å². The minimum atomic E-state index is -0.174. The van der Waals surface area contributed by atoms with Crippen molar-refractivity contribution in [2.75, 3.05) is 13.6 Å². The number of benzene rings is 1. The van der Waals surface area contributed by atoms with Crippen LogP contribution in [0.5, 0.6) is 11.5 Å². The molecule has 23 heavy (non-hydrogen) atoms. The molecule has 0 amide bonds. The highest BCUT2D eigenvalue weighted by molar-refractivity contribution is 5.61. The Morgan fingerprint density at radius 1 is 1.43 bits per heavy atom. The Morgan fingerprint density at radius 2 is 2.30 bits per heavy atom. The van der Waals surface area contributed by atoms with Crippen LogP contribution in [0.1, 0.15) is 17.5 Å². The maximum absolute atomic E-state index is 10.3. The van der Waals surface area contributed by atoms with Crippen LogP contribution in [-0.4, -0.2) is 41.8 Å². The second kappa shape index (κ2) is 4.22. The van der Waals surface area contributed by atoms with Crippen LogP contribution in [0.4, 0.5) is 0 Å². The Labute approximate surface area is 134 Å². The summed E-state index contributed by atoms with van der Waals surface area (Å²) in [6.45, 7) is 0.992. The van der Waals surface area contributed by atoms with Crippen LogP contribution < -0.4 is 4.74 Å². The number of azide groups is 1. The third-order valence-corrected chi connectivity index (χ3v) is 6.36. The first-order chi connectivity index (χ1) is 11.2. The van der Waals surface area contributed by atoms with Crippen molar-refractivity contribution in [3.05, 3.63) is 45.9 Å². The van der Waals surface area contributed by atoms with E-state index in [9.17, 15) is 5.11 Å². The predicted octanol–water partition coefficient (Wildman–Crippen LogP) is 2.52. The number of nitrogens with zero attached hydrogens (tertiary/aromatic N) is 4. The minimum absolute atomic E-state index is 0.0730. The zero-order valence-electron chi connectivity index (χ0n) is 12.9. The Morgan fingerprint density at radius 3 is 3.13 bits per heavy atom. The minimum Gasteiger partial charge on any atom is -0.504 e. The molecule has 1 saturated heterocycles. The number of rotatable bonds is 1. The van der Waals surface area contributed by atoms with Gasteiger partial charge in [0.05, 0.1) is 6.04 Å². The highest BCUT2D eigenvalue weighted by Gasteiger charge is 2.64. The number of hydrogen-bond acceptors (Lipinski definition) is 4. The van der Waals surface area contributed by atoms with Gasteiger partial charge in [-0.05, 0) is 49.7 Å². The summed E-state index contributed by atoms with van der Waals surface area (Å²) in [4.78, 5) is 5.47. The number of phenolic OH excluding ortho intramolecular Hbond substituents is 1. The van der Waals surface area contributed by atoms with E-state index < -0.39 is 0 Å². The molecular formula is C17H18N4O2. The predicted molar refractivity (Wildman–Crippen MR) is 84.5 cm³/mol. The average Bonchev–Trinajstić information content (AvgIpc) is 2.89. The first kappa shape index (κ1) is 13.3. The third kappa shape index (κ3) is 1.41. The summed E-state index contributed by atoms with van der Waals surface area (Å²) < 4.78 is 6.18. The molecule has 1 spiro atoms. The monoisotopic (exact) mass is 310 g/mol. The summed E-state index contributed by atoms with van der Waals surface area (Å²) in [5.41, 5.74) is 11.3. The van der Waals surface area contributed by atoms with E-state index in [4.69, 9.17) is 10.3 Å². The van der Waals surface area contributed by atoms with Crippen molar-refractivity contribution in [1.29, 1.82) is 0 Å². The molecule has 1 N–H and O–H groups in total. The highest BCUT2D eigenvalue weighted by atomic mass is 16.5. The number of ether oxygens (including phenoxy) is 1. The summed E-state index contributed by atoms with van der Waals surface area (Å²) in [5, 5.41) is 14.4. The highest BCUT2D eigenvalue weighted by Crippen LogP contribution is 2.62. The van der Waals surface area contributed by atoms with Crippen LogP contribution in [-0.2, 0) is 11.8 Å². The SMILES string of the molecule is CN1CCC23c4c5ccc(O)c4OC2C=CC(N=[N+]=[N-])C3C1C5. The molecule has 0 aromatic heterocycles. The lowest BCUT2D eigenvalue weighted by Gasteiger charge is -2.57. The summed E-state index contributed by atoms with van der Waals surface area (Å²) in [5.74, 6) is 1.06. The van der Waals surface area contributed by atoms with Gasteiger partial charge in [-0.3, -0.25) is 0 Å². The first-order valence-corrected chi connectivity index (χ1v) is 8.11. The summed E-state index contributed by atoms with van der Waals surface area (Å²) in [6, 6.07) is 3.95. The summed E-state index contributed by atoms with van der Waals surface area (Å²) >= 11 is 0. The molecule has 5 unspecified atom stereocenters. The number of likely N-dealkylation sites (N-methyl/N-ethyl adjacent to an activating group) is 1. The molecule has 1 fully saturated rings. The molecule has 0 saturated carbocycles. The molecular weight excluding hydrogens is 292 g/mol. The van der Waals surface area contributed by atoms with Gasteiger partial charge in [0.2, 0.25) is 0 Å². The molecule has 1 aromatic carbocycles. The maximum atomic E-state index is 10.3. The maximum Gasteiger partial charge on any atom is 0.166 e. The van der Waals surface area contributed by atoms with Crippen LogP contribution in [0.25, 0.3) is 10.4 Å². The fraction of sp³-hybridized carbons (Fsp3) is 0.529. The van der Waals surface area contributed by atoms with Crippen molar-refractivity contribution in [3.63, 3.8) is 0 Å². The normalized spacial score (nSPS) is 39.3. The number of piperidine rings is 1. The van der Waals surface area contributed by atoms with Gasteiger partial charge in [0, 0.05) is 27.8 Å². The number of hydrogen-bond donors (Lipinski definition) is 1. The standard InChI is InChI=1S/C17H18N4O2/c1-21-7-6-17-13-5-3-10(19-20-18)15(17)11(21)8-9-2-4-12(22)16(23-13)14(9)17/h2-5,10-11,13,15,22H,6-8H2,1H3. The first-order valence-electron chi connectivity index (χ1n) is 8.11. The van der Waals surface area contributed by atoms with E-state index in [1.54, 1.807) is 6.07 Å². The zero-order chi connectivity index (χ0) is 15.8. The van der Waals surface area contributed by atoms with Crippen molar-refractivity contribution >= 4 is 0 Å². The smallest absolute Gasteiger partial charge is 0.166 e. The lowest BCUT2D eigenvalue weighted by Crippen LogP contribution is -2.65. The molecule has 4 aliphatic rings. The molecule has 118 valence electrons. The lowest BCUT2D eigenvalue weighted by atomic mass is 9.52. The lowest BCUT2D eigenvalue weighted by molar-refractivity contribution is -0.0115.